The topological polar surface area (TPSA) is 45.9 Å². The van der Waals surface area contributed by atoms with E-state index >= 15 is 0 Å². The van der Waals surface area contributed by atoms with Gasteiger partial charge in [-0.25, -0.2) is 4.98 Å². The van der Waals surface area contributed by atoms with Crippen molar-refractivity contribution in [2.24, 2.45) is 0 Å². The van der Waals surface area contributed by atoms with Crippen molar-refractivity contribution in [2.75, 3.05) is 0 Å². The van der Waals surface area contributed by atoms with E-state index in [1.165, 1.54) is 24.3 Å². The maximum Gasteiger partial charge on any atom is 0.425 e. The summed E-state index contributed by atoms with van der Waals surface area (Å²) in [6.07, 6.45) is -9.01. The molecule has 0 bridgehead atoms. The second-order valence-corrected chi connectivity index (χ2v) is 6.42. The molecule has 0 aliphatic carbocycles. The third-order valence-electron chi connectivity index (χ3n) is 3.52. The number of hydrogen-bond donors (Lipinski definition) is 0. The molecule has 0 aliphatic heterocycles. The van der Waals surface area contributed by atoms with Crippen LogP contribution in [0, 0.1) is 11.3 Å². The molecule has 3 nitrogen and oxygen atoms in total. The van der Waals surface area contributed by atoms with Crippen molar-refractivity contribution in [3.05, 3.63) is 63.8 Å². The van der Waals surface area contributed by atoms with Gasteiger partial charge in [0.1, 0.15) is 10.6 Å². The Bertz CT molecular complexity index is 1030. The number of aromatic nitrogens is 1. The first-order valence-electron chi connectivity index (χ1n) is 7.49. The van der Waals surface area contributed by atoms with E-state index in [4.69, 9.17) is 10.00 Å². The number of thiophene rings is 1. The van der Waals surface area contributed by atoms with Gasteiger partial charge in [-0.05, 0) is 18.2 Å². The van der Waals surface area contributed by atoms with Gasteiger partial charge in [0.25, 0.3) is 0 Å². The Morgan fingerprint density at radius 2 is 1.61 bits per heavy atom. The first-order chi connectivity index (χ1) is 13.1. The monoisotopic (exact) mass is 414 g/mol. The molecule has 2 aromatic heterocycles. The average molecular weight is 414 g/mol. The lowest BCUT2D eigenvalue weighted by Gasteiger charge is -2.09. The fourth-order valence-electron chi connectivity index (χ4n) is 2.24. The van der Waals surface area contributed by atoms with Crippen LogP contribution in [0.15, 0.2) is 47.8 Å². The summed E-state index contributed by atoms with van der Waals surface area (Å²) in [4.78, 5) is 3.22. The molecule has 10 heteroatoms. The van der Waals surface area contributed by atoms with Gasteiger partial charge in [0.15, 0.2) is 0 Å². The predicted molar refractivity (Wildman–Crippen MR) is 88.8 cm³/mol. The molecule has 0 saturated heterocycles. The molecule has 2 heterocycles. The summed E-state index contributed by atoms with van der Waals surface area (Å²) in [6, 6.07) is 9.30. The van der Waals surface area contributed by atoms with Crippen LogP contribution in [0.2, 0.25) is 0 Å². The molecule has 0 saturated carbocycles. The minimum absolute atomic E-state index is 0.0890. The number of rotatable bonds is 3. The minimum Gasteiger partial charge on any atom is -0.438 e. The second kappa shape index (κ2) is 7.16. The third kappa shape index (κ3) is 4.43. The van der Waals surface area contributed by atoms with Gasteiger partial charge in [0, 0.05) is 23.1 Å². The van der Waals surface area contributed by atoms with Crippen molar-refractivity contribution in [3.63, 3.8) is 0 Å². The van der Waals surface area contributed by atoms with E-state index in [0.717, 1.165) is 23.6 Å². The number of alkyl halides is 6. The van der Waals surface area contributed by atoms with Crippen molar-refractivity contribution in [3.8, 4) is 29.0 Å². The van der Waals surface area contributed by atoms with Crippen LogP contribution in [-0.2, 0) is 12.4 Å². The Balaban J connectivity index is 1.92. The molecule has 1 aromatic carbocycles. The molecular weight excluding hydrogens is 406 g/mol. The molecule has 0 atom stereocenters. The molecule has 3 rings (SSSR count). The first kappa shape index (κ1) is 19.7. The highest BCUT2D eigenvalue weighted by Gasteiger charge is 2.33. The van der Waals surface area contributed by atoms with Crippen LogP contribution in [0.3, 0.4) is 0 Å². The van der Waals surface area contributed by atoms with Gasteiger partial charge in [-0.3, -0.25) is 0 Å². The lowest BCUT2D eigenvalue weighted by molar-refractivity contribution is -0.137. The summed E-state index contributed by atoms with van der Waals surface area (Å²) >= 11 is 0.441. The van der Waals surface area contributed by atoms with E-state index in [0.29, 0.717) is 11.3 Å². The lowest BCUT2D eigenvalue weighted by atomic mass is 10.1. The average Bonchev–Trinajstić information content (AvgIpc) is 3.09. The number of hydrogen-bond acceptors (Lipinski definition) is 4. The molecule has 28 heavy (non-hydrogen) atoms. The van der Waals surface area contributed by atoms with Crippen molar-refractivity contribution in [2.45, 2.75) is 12.4 Å². The Morgan fingerprint density at radius 3 is 2.14 bits per heavy atom. The number of nitrogens with zero attached hydrogens (tertiary/aromatic N) is 2. The van der Waals surface area contributed by atoms with E-state index in [1.807, 2.05) is 6.07 Å². The first-order valence-corrected chi connectivity index (χ1v) is 8.37. The summed E-state index contributed by atoms with van der Waals surface area (Å²) in [7, 11) is 0. The maximum absolute atomic E-state index is 12.7. The summed E-state index contributed by atoms with van der Waals surface area (Å²) in [5, 5.41) is 10.3. The van der Waals surface area contributed by atoms with Crippen LogP contribution >= 0.6 is 11.3 Å². The molecule has 144 valence electrons. The second-order valence-electron chi connectivity index (χ2n) is 5.51. The number of benzene rings is 1. The van der Waals surface area contributed by atoms with E-state index < -0.39 is 22.8 Å². The largest absolute Gasteiger partial charge is 0.438 e. The van der Waals surface area contributed by atoms with E-state index in [1.54, 1.807) is 0 Å². The smallest absolute Gasteiger partial charge is 0.425 e. The molecule has 0 spiro atoms. The fraction of sp³-hybridized carbons (Fsp3) is 0.111. The maximum atomic E-state index is 12.7. The molecule has 0 N–H and O–H groups in total. The molecule has 0 unspecified atom stereocenters. The zero-order valence-electron chi connectivity index (χ0n) is 13.6. The fourth-order valence-corrected chi connectivity index (χ4v) is 2.92. The summed E-state index contributed by atoms with van der Waals surface area (Å²) in [5.41, 5.74) is -0.321. The van der Waals surface area contributed by atoms with Crippen LogP contribution in [0.1, 0.15) is 16.0 Å². The number of pyridine rings is 1. The molecule has 3 aromatic rings. The minimum atomic E-state index is -4.51. The van der Waals surface area contributed by atoms with Gasteiger partial charge in [-0.2, -0.15) is 31.6 Å². The highest BCUT2D eigenvalue weighted by molar-refractivity contribution is 7.10. The SMILES string of the molecule is N#Cc1cc(Oc2csc(C(F)(F)F)c2)nc(-c2ccc(C(F)(F)F)cc2)c1. The molecule has 0 radical (unpaired) electrons. The highest BCUT2D eigenvalue weighted by Crippen LogP contribution is 2.38. The van der Waals surface area contributed by atoms with Crippen molar-refractivity contribution < 1.29 is 31.1 Å². The Labute approximate surface area is 158 Å². The Morgan fingerprint density at radius 1 is 0.929 bits per heavy atom. The number of ether oxygens (including phenoxy) is 1. The summed E-state index contributed by atoms with van der Waals surface area (Å²) in [6.45, 7) is 0. The quantitative estimate of drug-likeness (QED) is 0.459. The molecular formula is C18H8F6N2OS. The van der Waals surface area contributed by atoms with Crippen LogP contribution in [0.25, 0.3) is 11.3 Å². The molecule has 0 aliphatic rings. The summed E-state index contributed by atoms with van der Waals surface area (Å²) < 4.78 is 81.4. The molecule has 0 fully saturated rings. The van der Waals surface area contributed by atoms with E-state index in [9.17, 15) is 26.3 Å². The number of nitriles is 1. The number of halogens is 6. The predicted octanol–water partition coefficient (Wildman–Crippen LogP) is 6.51. The van der Waals surface area contributed by atoms with Crippen molar-refractivity contribution >= 4 is 11.3 Å². The van der Waals surface area contributed by atoms with Gasteiger partial charge in [0.05, 0.1) is 22.9 Å². The van der Waals surface area contributed by atoms with E-state index in [2.05, 4.69) is 4.98 Å². The van der Waals surface area contributed by atoms with Gasteiger partial charge in [-0.15, -0.1) is 11.3 Å². The highest BCUT2D eigenvalue weighted by atomic mass is 32.1. The van der Waals surface area contributed by atoms with Gasteiger partial charge < -0.3 is 4.74 Å². The van der Waals surface area contributed by atoms with Crippen LogP contribution < -0.4 is 4.74 Å². The normalized spacial score (nSPS) is 11.9. The lowest BCUT2D eigenvalue weighted by Crippen LogP contribution is -2.04. The van der Waals surface area contributed by atoms with E-state index in [-0.39, 0.29) is 28.5 Å². The summed E-state index contributed by atoms with van der Waals surface area (Å²) in [5.74, 6) is -0.265. The van der Waals surface area contributed by atoms with Gasteiger partial charge in [0.2, 0.25) is 5.88 Å². The van der Waals surface area contributed by atoms with Gasteiger partial charge >= 0.3 is 12.4 Å². The Hall–Kier alpha value is -3.06. The van der Waals surface area contributed by atoms with Crippen molar-refractivity contribution in [1.82, 2.24) is 4.98 Å². The zero-order valence-corrected chi connectivity index (χ0v) is 14.4. The Kier molecular flexibility index (Phi) is 5.04. The van der Waals surface area contributed by atoms with Crippen LogP contribution in [0.4, 0.5) is 26.3 Å². The standard InChI is InChI=1S/C18H8F6N2OS/c19-17(20,21)12-3-1-11(2-4-12)14-5-10(8-25)6-16(26-14)27-13-7-15(28-9-13)18(22,23)24/h1-7,9H. The van der Waals surface area contributed by atoms with Gasteiger partial charge in [-0.1, -0.05) is 12.1 Å². The van der Waals surface area contributed by atoms with Crippen molar-refractivity contribution in [1.29, 1.82) is 5.26 Å². The van der Waals surface area contributed by atoms with Crippen LogP contribution in [-0.4, -0.2) is 4.98 Å². The zero-order chi connectivity index (χ0) is 20.5. The van der Waals surface area contributed by atoms with Crippen LogP contribution in [0.5, 0.6) is 11.6 Å². The third-order valence-corrected chi connectivity index (χ3v) is 4.47. The molecule has 0 amide bonds.